The maximum absolute atomic E-state index is 9.73. The monoisotopic (exact) mass is 286 g/mol. The number of nitrogens with zero attached hydrogens (tertiary/aromatic N) is 1. The van der Waals surface area contributed by atoms with Gasteiger partial charge >= 0.3 is 0 Å². The van der Waals surface area contributed by atoms with E-state index >= 15 is 0 Å². The Morgan fingerprint density at radius 3 is 2.79 bits per heavy atom. The number of likely N-dealkylation sites (N-methyl/N-ethyl adjacent to an activating group) is 1. The number of benzene rings is 1. The molecule has 5 heteroatoms. The minimum atomic E-state index is -0.496. The summed E-state index contributed by atoms with van der Waals surface area (Å²) in [5.74, 6) is 0. The van der Waals surface area contributed by atoms with Crippen molar-refractivity contribution in [3.05, 3.63) is 34.9 Å². The second-order valence-electron chi connectivity index (χ2n) is 4.77. The highest BCUT2D eigenvalue weighted by Crippen LogP contribution is 2.15. The molecule has 1 rings (SSSR count). The first kappa shape index (κ1) is 16.4. The van der Waals surface area contributed by atoms with Crippen molar-refractivity contribution in [3.63, 3.8) is 0 Å². The van der Waals surface area contributed by atoms with E-state index in [1.807, 2.05) is 38.4 Å². The molecule has 19 heavy (non-hydrogen) atoms. The van der Waals surface area contributed by atoms with Gasteiger partial charge < -0.3 is 20.1 Å². The third-order valence-corrected chi connectivity index (χ3v) is 3.01. The van der Waals surface area contributed by atoms with Gasteiger partial charge in [0.05, 0.1) is 19.3 Å². The van der Waals surface area contributed by atoms with E-state index in [0.29, 0.717) is 24.8 Å². The van der Waals surface area contributed by atoms with Gasteiger partial charge in [0, 0.05) is 24.7 Å². The fourth-order valence-corrected chi connectivity index (χ4v) is 1.74. The van der Waals surface area contributed by atoms with Gasteiger partial charge in [0.15, 0.2) is 0 Å². The molecule has 0 bridgehead atoms. The highest BCUT2D eigenvalue weighted by atomic mass is 35.5. The Bertz CT molecular complexity index is 361. The summed E-state index contributed by atoms with van der Waals surface area (Å²) < 4.78 is 5.46. The molecule has 0 heterocycles. The normalized spacial score (nSPS) is 12.9. The van der Waals surface area contributed by atoms with E-state index in [1.165, 1.54) is 0 Å². The van der Waals surface area contributed by atoms with Gasteiger partial charge in [-0.1, -0.05) is 29.8 Å². The lowest BCUT2D eigenvalue weighted by Crippen LogP contribution is -2.34. The molecule has 0 amide bonds. The molecule has 0 aromatic heterocycles. The van der Waals surface area contributed by atoms with Crippen molar-refractivity contribution in [2.45, 2.75) is 12.7 Å². The summed E-state index contributed by atoms with van der Waals surface area (Å²) >= 11 is 6.01. The quantitative estimate of drug-likeness (QED) is 0.673. The minimum Gasteiger partial charge on any atom is -0.389 e. The Kier molecular flexibility index (Phi) is 8.02. The average Bonchev–Trinajstić information content (AvgIpc) is 2.37. The Balaban J connectivity index is 2.10. The van der Waals surface area contributed by atoms with Crippen molar-refractivity contribution in [3.8, 4) is 0 Å². The number of hydrogen-bond acceptors (Lipinski definition) is 4. The Morgan fingerprint density at radius 1 is 1.37 bits per heavy atom. The van der Waals surface area contributed by atoms with Crippen molar-refractivity contribution >= 4 is 11.6 Å². The highest BCUT2D eigenvalue weighted by molar-refractivity contribution is 6.31. The van der Waals surface area contributed by atoms with Gasteiger partial charge in [0.1, 0.15) is 0 Å². The first-order valence-corrected chi connectivity index (χ1v) is 6.82. The largest absolute Gasteiger partial charge is 0.389 e. The summed E-state index contributed by atoms with van der Waals surface area (Å²) in [7, 11) is 4.04. The van der Waals surface area contributed by atoms with Gasteiger partial charge in [-0.15, -0.1) is 0 Å². The van der Waals surface area contributed by atoms with E-state index in [-0.39, 0.29) is 0 Å². The summed E-state index contributed by atoms with van der Waals surface area (Å²) in [6.07, 6.45) is -0.496. The van der Waals surface area contributed by atoms with Crippen molar-refractivity contribution in [1.29, 1.82) is 0 Å². The zero-order chi connectivity index (χ0) is 14.1. The maximum Gasteiger partial charge on any atom is 0.0897 e. The molecule has 2 N–H and O–H groups in total. The van der Waals surface area contributed by atoms with Crippen LogP contribution in [0, 0.1) is 0 Å². The van der Waals surface area contributed by atoms with Gasteiger partial charge in [0.2, 0.25) is 0 Å². The first-order valence-electron chi connectivity index (χ1n) is 6.44. The molecule has 0 aliphatic rings. The van der Waals surface area contributed by atoms with Gasteiger partial charge in [-0.3, -0.25) is 0 Å². The van der Waals surface area contributed by atoms with Crippen LogP contribution in [0.4, 0.5) is 0 Å². The van der Waals surface area contributed by atoms with Crippen LogP contribution in [-0.2, 0) is 11.3 Å². The molecule has 1 atom stereocenters. The maximum atomic E-state index is 9.73. The lowest BCUT2D eigenvalue weighted by atomic mass is 10.2. The molecule has 4 nitrogen and oxygen atoms in total. The predicted octanol–water partition coefficient (Wildman–Crippen LogP) is 1.37. The summed E-state index contributed by atoms with van der Waals surface area (Å²) in [5.41, 5.74) is 0.942. The van der Waals surface area contributed by atoms with Crippen LogP contribution >= 0.6 is 11.6 Å². The summed E-state index contributed by atoms with van der Waals surface area (Å²) in [6, 6.07) is 7.56. The first-order chi connectivity index (χ1) is 9.09. The van der Waals surface area contributed by atoms with Crippen LogP contribution in [-0.4, -0.2) is 56.4 Å². The molecule has 0 spiro atoms. The molecular formula is C14H23ClN2O2. The average molecular weight is 287 g/mol. The van der Waals surface area contributed by atoms with Crippen molar-refractivity contribution in [2.24, 2.45) is 0 Å². The highest BCUT2D eigenvalue weighted by Gasteiger charge is 2.05. The zero-order valence-electron chi connectivity index (χ0n) is 11.6. The van der Waals surface area contributed by atoms with Gasteiger partial charge in [0.25, 0.3) is 0 Å². The second kappa shape index (κ2) is 9.28. The predicted molar refractivity (Wildman–Crippen MR) is 78.5 cm³/mol. The number of aliphatic hydroxyl groups excluding tert-OH is 1. The fourth-order valence-electron chi connectivity index (χ4n) is 1.55. The fraction of sp³-hybridized carbons (Fsp3) is 0.571. The van der Waals surface area contributed by atoms with Crippen LogP contribution in [0.1, 0.15) is 5.56 Å². The van der Waals surface area contributed by atoms with Crippen LogP contribution in [0.15, 0.2) is 24.3 Å². The van der Waals surface area contributed by atoms with Crippen molar-refractivity contribution in [1.82, 2.24) is 10.2 Å². The molecular weight excluding hydrogens is 264 g/mol. The molecule has 0 radical (unpaired) electrons. The van der Waals surface area contributed by atoms with Crippen LogP contribution in [0.3, 0.4) is 0 Å². The van der Waals surface area contributed by atoms with Crippen LogP contribution in [0.2, 0.25) is 5.02 Å². The van der Waals surface area contributed by atoms with E-state index in [2.05, 4.69) is 10.2 Å². The number of nitrogens with one attached hydrogen (secondary N) is 1. The number of aliphatic hydroxyl groups is 1. The molecule has 1 unspecified atom stereocenters. The van der Waals surface area contributed by atoms with Crippen molar-refractivity contribution < 1.29 is 9.84 Å². The summed E-state index contributed by atoms with van der Waals surface area (Å²) in [5, 5.41) is 13.6. The number of halogens is 1. The summed E-state index contributed by atoms with van der Waals surface area (Å²) in [4.78, 5) is 2.09. The molecule has 0 saturated carbocycles. The Hall–Kier alpha value is -0.650. The Labute approximate surface area is 120 Å². The smallest absolute Gasteiger partial charge is 0.0897 e. The number of hydrogen-bond donors (Lipinski definition) is 2. The zero-order valence-corrected chi connectivity index (χ0v) is 12.4. The molecule has 1 aromatic carbocycles. The van der Waals surface area contributed by atoms with E-state index in [0.717, 1.165) is 18.7 Å². The SMILES string of the molecule is CN(C)CCNCC(O)COCc1ccccc1Cl. The van der Waals surface area contributed by atoms with Gasteiger partial charge in [-0.2, -0.15) is 0 Å². The van der Waals surface area contributed by atoms with Crippen LogP contribution in [0.25, 0.3) is 0 Å². The molecule has 0 fully saturated rings. The lowest BCUT2D eigenvalue weighted by molar-refractivity contribution is 0.0288. The minimum absolute atomic E-state index is 0.306. The van der Waals surface area contributed by atoms with E-state index in [9.17, 15) is 5.11 Å². The summed E-state index contributed by atoms with van der Waals surface area (Å²) in [6.45, 7) is 3.08. The number of rotatable bonds is 9. The molecule has 0 aliphatic carbocycles. The second-order valence-corrected chi connectivity index (χ2v) is 5.17. The van der Waals surface area contributed by atoms with Crippen molar-refractivity contribution in [2.75, 3.05) is 40.3 Å². The lowest BCUT2D eigenvalue weighted by Gasteiger charge is -2.14. The number of ether oxygens (including phenoxy) is 1. The molecule has 0 saturated heterocycles. The van der Waals surface area contributed by atoms with E-state index in [4.69, 9.17) is 16.3 Å². The molecule has 0 aliphatic heterocycles. The van der Waals surface area contributed by atoms with E-state index < -0.39 is 6.10 Å². The van der Waals surface area contributed by atoms with Crippen LogP contribution in [0.5, 0.6) is 0 Å². The molecule has 108 valence electrons. The van der Waals surface area contributed by atoms with Gasteiger partial charge in [-0.25, -0.2) is 0 Å². The topological polar surface area (TPSA) is 44.7 Å². The molecule has 1 aromatic rings. The van der Waals surface area contributed by atoms with E-state index in [1.54, 1.807) is 0 Å². The standard InChI is InChI=1S/C14H23ClN2O2/c1-17(2)8-7-16-9-13(18)11-19-10-12-5-3-4-6-14(12)15/h3-6,13,16,18H,7-11H2,1-2H3. The Morgan fingerprint density at radius 2 is 2.11 bits per heavy atom. The third-order valence-electron chi connectivity index (χ3n) is 2.64. The van der Waals surface area contributed by atoms with Gasteiger partial charge in [-0.05, 0) is 25.7 Å². The van der Waals surface area contributed by atoms with Crippen LogP contribution < -0.4 is 5.32 Å². The third kappa shape index (κ3) is 7.50.